The quantitative estimate of drug-likeness (QED) is 0.560. The highest BCUT2D eigenvalue weighted by atomic mass is 35.5. The number of aromatic nitrogens is 4. The van der Waals surface area contributed by atoms with E-state index in [1.807, 2.05) is 41.1 Å². The molecule has 1 fully saturated rings. The lowest BCUT2D eigenvalue weighted by molar-refractivity contribution is -0.127. The zero-order valence-electron chi connectivity index (χ0n) is 14.7. The second kappa shape index (κ2) is 7.74. The minimum absolute atomic E-state index is 0.00482. The first-order valence-corrected chi connectivity index (χ1v) is 9.96. The third-order valence-electron chi connectivity index (χ3n) is 4.29. The number of nitrogens with zero attached hydrogens (tertiary/aromatic N) is 5. The van der Waals surface area contributed by atoms with Crippen LogP contribution in [0.3, 0.4) is 0 Å². The van der Waals surface area contributed by atoms with Crippen LogP contribution in [-0.2, 0) is 11.3 Å². The number of hydrogen-bond acceptors (Lipinski definition) is 6. The third kappa shape index (κ3) is 4.33. The van der Waals surface area contributed by atoms with Crippen LogP contribution in [0, 0.1) is 0 Å². The lowest BCUT2D eigenvalue weighted by Gasteiger charge is -2.15. The number of rotatable bonds is 7. The monoisotopic (exact) mass is 403 g/mol. The summed E-state index contributed by atoms with van der Waals surface area (Å²) in [6.45, 7) is 0.403. The van der Waals surface area contributed by atoms with Crippen molar-refractivity contribution in [1.82, 2.24) is 25.1 Å². The molecule has 0 spiro atoms. The molecule has 0 unspecified atom stereocenters. The maximum atomic E-state index is 12.4. The van der Waals surface area contributed by atoms with E-state index in [2.05, 4.69) is 15.5 Å². The highest BCUT2D eigenvalue weighted by molar-refractivity contribution is 7.99. The van der Waals surface area contributed by atoms with Crippen LogP contribution < -0.4 is 0 Å². The Morgan fingerprint density at radius 3 is 2.81 bits per heavy atom. The molecule has 3 aromatic rings. The van der Waals surface area contributed by atoms with E-state index in [1.165, 1.54) is 11.8 Å². The van der Waals surface area contributed by atoms with Gasteiger partial charge >= 0.3 is 0 Å². The van der Waals surface area contributed by atoms with Crippen molar-refractivity contribution in [3.63, 3.8) is 0 Å². The molecule has 0 saturated heterocycles. The molecule has 1 aromatic carbocycles. The summed E-state index contributed by atoms with van der Waals surface area (Å²) < 4.78 is 7.67. The summed E-state index contributed by atoms with van der Waals surface area (Å²) in [6, 6.07) is 11.6. The van der Waals surface area contributed by atoms with Crippen LogP contribution in [0.5, 0.6) is 0 Å². The van der Waals surface area contributed by atoms with Crippen molar-refractivity contribution in [2.24, 2.45) is 0 Å². The number of furan rings is 1. The van der Waals surface area contributed by atoms with Gasteiger partial charge in [0.1, 0.15) is 11.5 Å². The lowest BCUT2D eigenvalue weighted by Crippen LogP contribution is -2.27. The predicted molar refractivity (Wildman–Crippen MR) is 102 cm³/mol. The highest BCUT2D eigenvalue weighted by Gasteiger charge is 2.28. The summed E-state index contributed by atoms with van der Waals surface area (Å²) in [4.78, 5) is 14.1. The van der Waals surface area contributed by atoms with Gasteiger partial charge in [0.25, 0.3) is 0 Å². The number of carbonyl (C=O) groups is 1. The zero-order valence-corrected chi connectivity index (χ0v) is 16.3. The van der Waals surface area contributed by atoms with Gasteiger partial charge in [-0.25, -0.2) is 4.68 Å². The Hall–Kier alpha value is -2.32. The molecule has 4 rings (SSSR count). The van der Waals surface area contributed by atoms with E-state index < -0.39 is 0 Å². The molecular formula is C18H18ClN5O2S. The Morgan fingerprint density at radius 1 is 1.30 bits per heavy atom. The van der Waals surface area contributed by atoms with Crippen molar-refractivity contribution in [2.75, 3.05) is 12.8 Å². The topological polar surface area (TPSA) is 77.1 Å². The van der Waals surface area contributed by atoms with Gasteiger partial charge in [-0.1, -0.05) is 23.4 Å². The number of hydrogen-bond donors (Lipinski definition) is 0. The Labute approximate surface area is 165 Å². The first kappa shape index (κ1) is 18.1. The van der Waals surface area contributed by atoms with Crippen LogP contribution in [0.2, 0.25) is 5.02 Å². The van der Waals surface area contributed by atoms with Gasteiger partial charge in [0.2, 0.25) is 11.1 Å². The first-order valence-electron chi connectivity index (χ1n) is 8.59. The van der Waals surface area contributed by atoms with Gasteiger partial charge in [-0.15, -0.1) is 5.10 Å². The van der Waals surface area contributed by atoms with Gasteiger partial charge in [-0.3, -0.25) is 4.79 Å². The Balaban J connectivity index is 1.33. The van der Waals surface area contributed by atoms with E-state index in [9.17, 15) is 4.79 Å². The van der Waals surface area contributed by atoms with Crippen LogP contribution >= 0.6 is 23.4 Å². The van der Waals surface area contributed by atoms with Crippen LogP contribution in [0.15, 0.2) is 46.0 Å². The van der Waals surface area contributed by atoms with E-state index in [0.29, 0.717) is 22.8 Å². The molecule has 0 N–H and O–H groups in total. The molecule has 7 nitrogen and oxygen atoms in total. The van der Waals surface area contributed by atoms with Crippen LogP contribution in [0.25, 0.3) is 11.3 Å². The molecule has 0 aliphatic heterocycles. The van der Waals surface area contributed by atoms with Gasteiger partial charge in [-0.2, -0.15) is 0 Å². The average molecular weight is 404 g/mol. The van der Waals surface area contributed by atoms with Gasteiger partial charge < -0.3 is 9.32 Å². The zero-order chi connectivity index (χ0) is 18.8. The van der Waals surface area contributed by atoms with Crippen molar-refractivity contribution in [2.45, 2.75) is 30.6 Å². The van der Waals surface area contributed by atoms with Crippen LogP contribution in [0.4, 0.5) is 0 Å². The summed E-state index contributed by atoms with van der Waals surface area (Å²) in [5.74, 6) is 1.76. The van der Waals surface area contributed by atoms with E-state index in [0.717, 1.165) is 29.9 Å². The number of halogens is 1. The van der Waals surface area contributed by atoms with E-state index in [-0.39, 0.29) is 11.7 Å². The van der Waals surface area contributed by atoms with Crippen molar-refractivity contribution in [1.29, 1.82) is 0 Å². The first-order chi connectivity index (χ1) is 13.1. The minimum atomic E-state index is -0.00482. The fourth-order valence-corrected chi connectivity index (χ4v) is 3.63. The third-order valence-corrected chi connectivity index (χ3v) is 5.46. The standard InChI is InChI=1S/C18H18ClN5O2S/c1-23(17(25)11-27-18-20-21-22-24(18)14-6-7-14)10-15-8-9-16(26-15)12-2-4-13(19)5-3-12/h2-5,8-9,14H,6-7,10-11H2,1H3. The molecule has 0 atom stereocenters. The minimum Gasteiger partial charge on any atom is -0.459 e. The smallest absolute Gasteiger partial charge is 0.233 e. The van der Waals surface area contributed by atoms with E-state index >= 15 is 0 Å². The summed E-state index contributed by atoms with van der Waals surface area (Å²) >= 11 is 7.28. The van der Waals surface area contributed by atoms with Crippen molar-refractivity contribution in [3.8, 4) is 11.3 Å². The number of benzene rings is 1. The largest absolute Gasteiger partial charge is 0.459 e. The molecule has 1 saturated carbocycles. The molecule has 140 valence electrons. The van der Waals surface area contributed by atoms with Gasteiger partial charge in [0, 0.05) is 17.6 Å². The summed E-state index contributed by atoms with van der Waals surface area (Å²) in [7, 11) is 1.76. The Morgan fingerprint density at radius 2 is 2.07 bits per heavy atom. The van der Waals surface area contributed by atoms with Crippen molar-refractivity contribution >= 4 is 29.3 Å². The van der Waals surface area contributed by atoms with Gasteiger partial charge in [0.15, 0.2) is 0 Å². The lowest BCUT2D eigenvalue weighted by atomic mass is 10.2. The summed E-state index contributed by atoms with van der Waals surface area (Å²) in [5, 5.41) is 13.1. The van der Waals surface area contributed by atoms with E-state index in [1.54, 1.807) is 11.9 Å². The number of thioether (sulfide) groups is 1. The fourth-order valence-electron chi connectivity index (χ4n) is 2.62. The van der Waals surface area contributed by atoms with Crippen molar-refractivity contribution < 1.29 is 9.21 Å². The SMILES string of the molecule is CN(Cc1ccc(-c2ccc(Cl)cc2)o1)C(=O)CSc1nnnn1C1CC1. The highest BCUT2D eigenvalue weighted by Crippen LogP contribution is 2.36. The molecule has 2 aromatic heterocycles. The van der Waals surface area contributed by atoms with Gasteiger partial charge in [-0.05, 0) is 59.7 Å². The molecule has 1 amide bonds. The average Bonchev–Trinajstić information content (AvgIpc) is 3.22. The summed E-state index contributed by atoms with van der Waals surface area (Å²) in [6.07, 6.45) is 2.20. The fraction of sp³-hybridized carbons (Fsp3) is 0.333. The molecular weight excluding hydrogens is 386 g/mol. The molecule has 0 bridgehead atoms. The molecule has 1 aliphatic carbocycles. The maximum Gasteiger partial charge on any atom is 0.233 e. The predicted octanol–water partition coefficient (Wildman–Crippen LogP) is 3.67. The molecule has 27 heavy (non-hydrogen) atoms. The second-order valence-corrected chi connectivity index (χ2v) is 7.83. The van der Waals surface area contributed by atoms with Crippen LogP contribution in [-0.4, -0.2) is 43.8 Å². The Bertz CT molecular complexity index is 935. The normalized spacial score (nSPS) is 13.7. The second-order valence-electron chi connectivity index (χ2n) is 6.45. The number of carbonyl (C=O) groups excluding carboxylic acids is 1. The molecule has 1 aliphatic rings. The number of tetrazole rings is 1. The van der Waals surface area contributed by atoms with Crippen LogP contribution in [0.1, 0.15) is 24.6 Å². The maximum absolute atomic E-state index is 12.4. The Kier molecular flexibility index (Phi) is 5.18. The van der Waals surface area contributed by atoms with E-state index in [4.69, 9.17) is 16.0 Å². The molecule has 2 heterocycles. The molecule has 0 radical (unpaired) electrons. The van der Waals surface area contributed by atoms with Crippen molar-refractivity contribution in [3.05, 3.63) is 47.2 Å². The van der Waals surface area contributed by atoms with Gasteiger partial charge in [0.05, 0.1) is 18.3 Å². The summed E-state index contributed by atoms with van der Waals surface area (Å²) in [5.41, 5.74) is 0.946. The number of amides is 1. The molecule has 9 heteroatoms.